The van der Waals surface area contributed by atoms with E-state index in [0.717, 1.165) is 46.8 Å². The van der Waals surface area contributed by atoms with Crippen molar-refractivity contribution in [3.8, 4) is 0 Å². The summed E-state index contributed by atoms with van der Waals surface area (Å²) in [5.41, 5.74) is 1.38. The van der Waals surface area contributed by atoms with Crippen LogP contribution in [0.2, 0.25) is 0 Å². The number of methoxy groups -OCH3 is 2. The molecule has 0 saturated carbocycles. The highest BCUT2D eigenvalue weighted by atomic mass is 19.1. The number of hydrogen-bond donors (Lipinski definition) is 2. The second kappa shape index (κ2) is 43.3. The Morgan fingerprint density at radius 2 is 0.831 bits per heavy atom. The molecular weight excluding hydrogens is 1680 g/mol. The Morgan fingerprint density at radius 1 is 0.485 bits per heavy atom. The number of pyridine rings is 2. The number of hydrazine groups is 2. The van der Waals surface area contributed by atoms with Crippen LogP contribution in [0.15, 0.2) is 134 Å². The van der Waals surface area contributed by atoms with Gasteiger partial charge >= 0.3 is 36.1 Å². The molecule has 30 nitrogen and oxygen atoms in total. The van der Waals surface area contributed by atoms with E-state index in [1.165, 1.54) is 38.1 Å². The van der Waals surface area contributed by atoms with Gasteiger partial charge < -0.3 is 66.6 Å². The number of Topliss-reactive ketones (excluding diaryl/α,β-unsaturated/α-hetero) is 4. The lowest BCUT2D eigenvalue weighted by Crippen LogP contribution is -2.61. The number of aromatic nitrogens is 2. The number of nitrogens with zero attached hydrogens (tertiary/aromatic N) is 6. The summed E-state index contributed by atoms with van der Waals surface area (Å²) < 4.78 is 109. The van der Waals surface area contributed by atoms with Crippen LogP contribution >= 0.6 is 0 Å². The van der Waals surface area contributed by atoms with Gasteiger partial charge in [0, 0.05) is 86.0 Å². The molecule has 12 rings (SSSR count). The topological polar surface area (TPSA) is 344 Å². The Bertz CT molecular complexity index is 4640. The molecule has 8 heterocycles. The number of carbonyl (C=O) groups is 10. The summed E-state index contributed by atoms with van der Waals surface area (Å²) >= 11 is 0. The van der Waals surface area contributed by atoms with Crippen molar-refractivity contribution >= 4 is 81.0 Å². The van der Waals surface area contributed by atoms with E-state index in [1.807, 2.05) is 113 Å². The molecule has 2 N–H and O–H groups in total. The zero-order chi connectivity index (χ0) is 94.8. The van der Waals surface area contributed by atoms with Gasteiger partial charge in [0.05, 0.1) is 69.9 Å². The fraction of sp³-hybridized carbons (Fsp3) is 0.592. The van der Waals surface area contributed by atoms with Crippen LogP contribution in [0.5, 0.6) is 0 Å². The summed E-state index contributed by atoms with van der Waals surface area (Å²) in [6, 6.07) is 33.6. The van der Waals surface area contributed by atoms with E-state index >= 15 is 8.78 Å². The Hall–Kier alpha value is -9.74. The normalized spacial score (nSPS) is 33.9. The first kappa shape index (κ1) is 101. The van der Waals surface area contributed by atoms with Crippen molar-refractivity contribution in [2.24, 2.45) is 35.5 Å². The number of ether oxygens (including phenoxy) is 12. The van der Waals surface area contributed by atoms with Crippen LogP contribution in [0, 0.1) is 35.5 Å². The minimum absolute atomic E-state index is 0.0486. The van der Waals surface area contributed by atoms with Crippen LogP contribution in [0.3, 0.4) is 0 Å². The summed E-state index contributed by atoms with van der Waals surface area (Å²) in [5.74, 6) is -13.4. The van der Waals surface area contributed by atoms with E-state index in [9.17, 15) is 47.9 Å². The number of nitrogens with one attached hydrogen (secondary N) is 2. The average molecular weight is 1810 g/mol. The molecule has 0 radical (unpaired) electrons. The number of esters is 4. The molecule has 0 spiro atoms. The lowest BCUT2D eigenvalue weighted by molar-refractivity contribution is -0.295. The van der Waals surface area contributed by atoms with E-state index in [1.54, 1.807) is 128 Å². The van der Waals surface area contributed by atoms with E-state index in [2.05, 4.69) is 20.8 Å². The van der Waals surface area contributed by atoms with Gasteiger partial charge in [0.15, 0.2) is 48.6 Å². The second-order valence-corrected chi connectivity index (χ2v) is 36.8. The maximum Gasteiger partial charge on any atom is 0.425 e. The van der Waals surface area contributed by atoms with Crippen LogP contribution in [-0.2, 0) is 98.5 Å². The molecule has 0 aliphatic carbocycles. The molecule has 2 amide bonds. The number of halogens is 2. The van der Waals surface area contributed by atoms with Gasteiger partial charge in [-0.1, -0.05) is 128 Å². The van der Waals surface area contributed by atoms with Crippen LogP contribution in [0.1, 0.15) is 180 Å². The van der Waals surface area contributed by atoms with Gasteiger partial charge in [0.2, 0.25) is 0 Å². The maximum atomic E-state index is 17.1. The van der Waals surface area contributed by atoms with Gasteiger partial charge in [-0.15, -0.1) is 0 Å². The summed E-state index contributed by atoms with van der Waals surface area (Å²) in [6.45, 7) is 22.3. The predicted octanol–water partition coefficient (Wildman–Crippen LogP) is 12.9. The van der Waals surface area contributed by atoms with E-state index < -0.39 is 203 Å². The van der Waals surface area contributed by atoms with Crippen LogP contribution in [0.25, 0.3) is 21.8 Å². The quantitative estimate of drug-likeness (QED) is 0.0246. The first-order valence-electron chi connectivity index (χ1n) is 45.3. The number of hydrogen-bond acceptors (Lipinski definition) is 28. The van der Waals surface area contributed by atoms with Gasteiger partial charge in [-0.3, -0.25) is 29.1 Å². The van der Waals surface area contributed by atoms with Crippen molar-refractivity contribution in [3.05, 3.63) is 156 Å². The van der Waals surface area contributed by atoms with Crippen LogP contribution in [-0.4, -0.2) is 265 Å². The third kappa shape index (κ3) is 22.3. The zero-order valence-corrected chi connectivity index (χ0v) is 78.3. The van der Waals surface area contributed by atoms with Gasteiger partial charge in [-0.05, 0) is 194 Å². The molecule has 32 heteroatoms. The van der Waals surface area contributed by atoms with Gasteiger partial charge in [0.25, 0.3) is 11.3 Å². The minimum Gasteiger partial charge on any atom is -0.456 e. The first-order chi connectivity index (χ1) is 61.6. The minimum atomic E-state index is -3.22. The standard InChI is InChI=1S/2C49H65FN4O11/c2*1-11-37-41-38(54(47(59)64-41)52-24-17-20-32-23-25-51-35-22-16-15-21-34(32)35)30(4)39(55)28(2)27-48(6,60-10)43(31(5)42(56)49(7,50)46(58)62-37)65-45-40(36(53(8)9)26-29(3)61-45)63-44(57)33-18-13-12-14-19-33/h2*12-16,18-19,21-23,25,28-31,36-38,40-41,43,45,52H,11,17,20,24,26-27H2,1-10H3/t2*28-,29-,30-,31+,36+,37-,38-,40-,41?,43-,45?,48+,49+/m11/s1. The molecule has 708 valence electrons. The van der Waals surface area contributed by atoms with Gasteiger partial charge in [0.1, 0.15) is 35.9 Å². The van der Waals surface area contributed by atoms with Crippen molar-refractivity contribution in [3.63, 3.8) is 0 Å². The third-order valence-electron chi connectivity index (χ3n) is 26.9. The fourth-order valence-corrected chi connectivity index (χ4v) is 19.5. The lowest BCUT2D eigenvalue weighted by Gasteiger charge is -2.47. The summed E-state index contributed by atoms with van der Waals surface area (Å²) in [6.07, 6.45) is -7.73. The number of amides is 2. The van der Waals surface area contributed by atoms with Gasteiger partial charge in [-0.25, -0.2) is 58.4 Å². The van der Waals surface area contributed by atoms with Gasteiger partial charge in [-0.2, -0.15) is 0 Å². The largest absolute Gasteiger partial charge is 0.456 e. The molecule has 6 fully saturated rings. The number of rotatable bonds is 24. The highest BCUT2D eigenvalue weighted by Gasteiger charge is 2.61. The van der Waals surface area contributed by atoms with Crippen molar-refractivity contribution in [2.45, 2.75) is 281 Å². The van der Waals surface area contributed by atoms with E-state index in [-0.39, 0.29) is 37.2 Å². The number of likely N-dealkylation sites (N-methyl/N-ethyl adjacent to an activating group) is 2. The molecule has 0 bridgehead atoms. The number of aryl methyl sites for hydroxylation is 2. The molecule has 6 aliphatic rings. The summed E-state index contributed by atoms with van der Waals surface area (Å²) in [5, 5.41) is 4.60. The number of para-hydroxylation sites is 2. The number of carbonyl (C=O) groups excluding carboxylic acids is 10. The first-order valence-corrected chi connectivity index (χ1v) is 45.3. The van der Waals surface area contributed by atoms with Crippen LogP contribution < -0.4 is 10.9 Å². The molecule has 6 aliphatic heterocycles. The SMILES string of the molecule is CC[C@H]1OC(=O)[C@@](C)(F)C(=O)[C@H](C)[C@@H](OC2O[C@H](C)C[C@H](N(C)C)[C@H]2OC(=O)c2ccccc2)[C@@](C)(OC)C[C@@H](C)C(=O)[C@H](C)[C@@H]2C1OC(=O)N2NCCCc1ccnc2ccccc12.CC[C@H]1OC(=O)[C@@](C)(F)C(=O)[C@H](C)[C@@H](OC2O[C@H](C)C[C@H](N(C)C)[C@H]2OC(=O)c2ccccc2)[C@@](C)(OC)C[C@@H](C)C(=O)[C@H](C)[C@@H]2C1OC(=O)N2NCCCc1ccnc2ccccc12. The number of benzene rings is 4. The van der Waals surface area contributed by atoms with Crippen molar-refractivity contribution in [1.82, 2.24) is 40.6 Å². The van der Waals surface area contributed by atoms with Crippen LogP contribution in [0.4, 0.5) is 18.4 Å². The lowest BCUT2D eigenvalue weighted by atomic mass is 9.75. The smallest absolute Gasteiger partial charge is 0.425 e. The molecule has 6 aromatic rings. The van der Waals surface area contributed by atoms with Crippen molar-refractivity contribution in [1.29, 1.82) is 0 Å². The number of fused-ring (bicyclic) bond motifs is 4. The van der Waals surface area contributed by atoms with E-state index in [0.29, 0.717) is 62.7 Å². The zero-order valence-electron chi connectivity index (χ0n) is 78.3. The Kier molecular flexibility index (Phi) is 33.6. The summed E-state index contributed by atoms with van der Waals surface area (Å²) in [4.78, 5) is 154. The highest BCUT2D eigenvalue weighted by molar-refractivity contribution is 6.09. The summed E-state index contributed by atoms with van der Waals surface area (Å²) in [7, 11) is 10.1. The fourth-order valence-electron chi connectivity index (χ4n) is 19.5. The predicted molar refractivity (Wildman–Crippen MR) is 476 cm³/mol. The Morgan fingerprint density at radius 3 is 1.17 bits per heavy atom. The number of ketones is 4. The number of alkyl halides is 2. The Labute approximate surface area is 760 Å². The third-order valence-corrected chi connectivity index (χ3v) is 26.9. The molecule has 6 saturated heterocycles. The molecule has 130 heavy (non-hydrogen) atoms. The molecule has 2 aromatic heterocycles. The molecular formula is C98H130F2N8O22. The van der Waals surface area contributed by atoms with Crippen molar-refractivity contribution < 1.29 is 114 Å². The molecule has 4 unspecified atom stereocenters. The monoisotopic (exact) mass is 1810 g/mol. The second-order valence-electron chi connectivity index (χ2n) is 36.8. The maximum absolute atomic E-state index is 17.1. The Balaban J connectivity index is 0.000000251. The van der Waals surface area contributed by atoms with E-state index in [4.69, 9.17) is 56.8 Å². The molecule has 4 aromatic carbocycles. The highest BCUT2D eigenvalue weighted by Crippen LogP contribution is 2.45. The molecule has 26 atom stereocenters. The number of cyclic esters (lactones) is 2. The van der Waals surface area contributed by atoms with Crippen molar-refractivity contribution in [2.75, 3.05) is 55.5 Å². The average Bonchev–Trinajstić information content (AvgIpc) is 1.08.